The summed E-state index contributed by atoms with van der Waals surface area (Å²) in [5.74, 6) is -2.16. The van der Waals surface area contributed by atoms with E-state index >= 15 is 0 Å². The highest BCUT2D eigenvalue weighted by Gasteiger charge is 2.35. The van der Waals surface area contributed by atoms with Crippen LogP contribution in [0.25, 0.3) is 11.2 Å². The molecule has 0 amide bonds. The van der Waals surface area contributed by atoms with Crippen LogP contribution in [0.4, 0.5) is 8.78 Å². The fraction of sp³-hybridized carbons (Fsp3) is 0.750. The van der Waals surface area contributed by atoms with Gasteiger partial charge in [0.2, 0.25) is 5.92 Å². The number of aromatic nitrogens is 4. The molecule has 0 unspecified atom stereocenters. The molecule has 0 saturated heterocycles. The van der Waals surface area contributed by atoms with Crippen molar-refractivity contribution in [1.82, 2.24) is 18.7 Å². The van der Waals surface area contributed by atoms with Gasteiger partial charge < -0.3 is 4.57 Å². The summed E-state index contributed by atoms with van der Waals surface area (Å²) in [7, 11) is 1.62. The second-order valence-corrected chi connectivity index (χ2v) is 8.63. The lowest BCUT2D eigenvalue weighted by Crippen LogP contribution is -2.42. The van der Waals surface area contributed by atoms with Gasteiger partial charge >= 0.3 is 5.69 Å². The monoisotopic (exact) mass is 394 g/mol. The number of rotatable bonds is 4. The summed E-state index contributed by atoms with van der Waals surface area (Å²) in [5, 5.41) is 0. The molecule has 0 atom stereocenters. The quantitative estimate of drug-likeness (QED) is 0.799. The van der Waals surface area contributed by atoms with Crippen molar-refractivity contribution in [3.63, 3.8) is 0 Å². The standard InChI is InChI=1S/C20H28F2N4O2/c1-24-17-16(25(13-23-17)11-14-5-3-2-4-6-14)18(27)26(19(24)28)12-15-7-9-20(21,22)10-8-15/h13-15H,2-12H2,1H3. The molecule has 2 saturated carbocycles. The summed E-state index contributed by atoms with van der Waals surface area (Å²) in [4.78, 5) is 30.2. The van der Waals surface area contributed by atoms with Crippen LogP contribution in [0.15, 0.2) is 15.9 Å². The lowest BCUT2D eigenvalue weighted by molar-refractivity contribution is -0.0475. The first kappa shape index (κ1) is 19.3. The van der Waals surface area contributed by atoms with Crippen LogP contribution < -0.4 is 11.2 Å². The van der Waals surface area contributed by atoms with Crippen molar-refractivity contribution in [3.05, 3.63) is 27.2 Å². The average molecular weight is 394 g/mol. The Morgan fingerprint density at radius 3 is 2.36 bits per heavy atom. The van der Waals surface area contributed by atoms with E-state index in [9.17, 15) is 18.4 Å². The number of fused-ring (bicyclic) bond motifs is 1. The molecule has 0 spiro atoms. The van der Waals surface area contributed by atoms with Gasteiger partial charge in [0.25, 0.3) is 5.56 Å². The van der Waals surface area contributed by atoms with Crippen molar-refractivity contribution >= 4 is 11.2 Å². The lowest BCUT2D eigenvalue weighted by atomic mass is 9.87. The third-order valence-corrected chi connectivity index (χ3v) is 6.56. The van der Waals surface area contributed by atoms with E-state index in [1.54, 1.807) is 13.4 Å². The molecule has 2 aliphatic carbocycles. The lowest BCUT2D eigenvalue weighted by Gasteiger charge is -2.28. The maximum atomic E-state index is 13.4. The van der Waals surface area contributed by atoms with E-state index in [0.29, 0.717) is 29.9 Å². The normalized spacial score (nSPS) is 21.4. The Kier molecular flexibility index (Phi) is 5.14. The van der Waals surface area contributed by atoms with E-state index in [-0.39, 0.29) is 30.9 Å². The molecular formula is C20H28F2N4O2. The molecule has 0 radical (unpaired) electrons. The Hall–Kier alpha value is -1.99. The van der Waals surface area contributed by atoms with Crippen molar-refractivity contribution in [2.24, 2.45) is 18.9 Å². The summed E-state index contributed by atoms with van der Waals surface area (Å²) in [6, 6.07) is 0. The van der Waals surface area contributed by atoms with E-state index in [4.69, 9.17) is 0 Å². The van der Waals surface area contributed by atoms with E-state index < -0.39 is 11.6 Å². The Balaban J connectivity index is 1.66. The van der Waals surface area contributed by atoms with Crippen molar-refractivity contribution in [2.75, 3.05) is 0 Å². The van der Waals surface area contributed by atoms with Crippen LogP contribution in [-0.2, 0) is 20.1 Å². The van der Waals surface area contributed by atoms with Crippen molar-refractivity contribution < 1.29 is 8.78 Å². The van der Waals surface area contributed by atoms with Crippen molar-refractivity contribution in [3.8, 4) is 0 Å². The van der Waals surface area contributed by atoms with Gasteiger partial charge in [-0.3, -0.25) is 13.9 Å². The fourth-order valence-electron chi connectivity index (χ4n) is 4.81. The molecule has 154 valence electrons. The highest BCUT2D eigenvalue weighted by atomic mass is 19.3. The van der Waals surface area contributed by atoms with Crippen molar-refractivity contribution in [1.29, 1.82) is 0 Å². The molecule has 2 fully saturated rings. The molecule has 6 nitrogen and oxygen atoms in total. The van der Waals surface area contributed by atoms with Crippen LogP contribution in [0, 0.1) is 11.8 Å². The summed E-state index contributed by atoms with van der Waals surface area (Å²) >= 11 is 0. The molecule has 2 aliphatic rings. The van der Waals surface area contributed by atoms with Gasteiger partial charge in [0.1, 0.15) is 0 Å². The number of hydrogen-bond donors (Lipinski definition) is 0. The molecule has 0 aromatic carbocycles. The van der Waals surface area contributed by atoms with Crippen LogP contribution in [0.1, 0.15) is 57.8 Å². The van der Waals surface area contributed by atoms with Gasteiger partial charge in [-0.25, -0.2) is 18.6 Å². The minimum atomic E-state index is -2.62. The first-order chi connectivity index (χ1) is 13.4. The van der Waals surface area contributed by atoms with Gasteiger partial charge in [0.05, 0.1) is 6.33 Å². The maximum Gasteiger partial charge on any atom is 0.332 e. The molecule has 0 aliphatic heterocycles. The number of nitrogens with zero attached hydrogens (tertiary/aromatic N) is 4. The molecule has 28 heavy (non-hydrogen) atoms. The van der Waals surface area contributed by atoms with E-state index in [0.717, 1.165) is 19.4 Å². The predicted molar refractivity (Wildman–Crippen MR) is 103 cm³/mol. The van der Waals surface area contributed by atoms with Crippen LogP contribution in [0.2, 0.25) is 0 Å². The zero-order valence-electron chi connectivity index (χ0n) is 16.4. The number of aryl methyl sites for hydroxylation is 1. The number of hydrogen-bond acceptors (Lipinski definition) is 3. The smallest absolute Gasteiger partial charge is 0.324 e. The minimum absolute atomic E-state index is 0.0720. The minimum Gasteiger partial charge on any atom is -0.324 e. The largest absolute Gasteiger partial charge is 0.332 e. The van der Waals surface area contributed by atoms with Crippen molar-refractivity contribution in [2.45, 2.75) is 76.8 Å². The van der Waals surface area contributed by atoms with Gasteiger partial charge in [0.15, 0.2) is 11.2 Å². The molecule has 2 heterocycles. The molecule has 2 aromatic heterocycles. The predicted octanol–water partition coefficient (Wildman–Crippen LogP) is 3.30. The summed E-state index contributed by atoms with van der Waals surface area (Å²) in [6.45, 7) is 0.936. The van der Waals surface area contributed by atoms with Crippen LogP contribution >= 0.6 is 0 Å². The molecular weight excluding hydrogens is 366 g/mol. The second kappa shape index (κ2) is 7.44. The van der Waals surface area contributed by atoms with E-state index in [1.165, 1.54) is 28.4 Å². The summed E-state index contributed by atoms with van der Waals surface area (Å²) in [6.07, 6.45) is 7.98. The average Bonchev–Trinajstić information content (AvgIpc) is 3.09. The Morgan fingerprint density at radius 1 is 1.04 bits per heavy atom. The number of alkyl halides is 2. The number of imidazole rings is 1. The third kappa shape index (κ3) is 3.65. The van der Waals surface area contributed by atoms with Gasteiger partial charge in [0, 0.05) is 33.0 Å². The molecule has 4 rings (SSSR count). The zero-order valence-corrected chi connectivity index (χ0v) is 16.4. The third-order valence-electron chi connectivity index (χ3n) is 6.56. The Labute approximate surface area is 162 Å². The van der Waals surface area contributed by atoms with E-state index in [1.807, 2.05) is 4.57 Å². The zero-order chi connectivity index (χ0) is 19.9. The first-order valence-electron chi connectivity index (χ1n) is 10.4. The highest BCUT2D eigenvalue weighted by Crippen LogP contribution is 2.36. The molecule has 0 N–H and O–H groups in total. The van der Waals surface area contributed by atoms with Gasteiger partial charge in [-0.2, -0.15) is 0 Å². The number of halogens is 2. The highest BCUT2D eigenvalue weighted by molar-refractivity contribution is 5.69. The molecule has 0 bridgehead atoms. The van der Waals surface area contributed by atoms with Gasteiger partial charge in [-0.05, 0) is 37.5 Å². The SMILES string of the molecule is Cn1c(=O)n(CC2CCC(F)(F)CC2)c(=O)c2c1ncn2CC1CCCCC1. The first-order valence-corrected chi connectivity index (χ1v) is 10.4. The fourth-order valence-corrected chi connectivity index (χ4v) is 4.81. The topological polar surface area (TPSA) is 61.8 Å². The molecule has 8 heteroatoms. The Morgan fingerprint density at radius 2 is 1.68 bits per heavy atom. The maximum absolute atomic E-state index is 13.4. The van der Waals surface area contributed by atoms with Gasteiger partial charge in [-0.15, -0.1) is 0 Å². The van der Waals surface area contributed by atoms with Crippen LogP contribution in [0.5, 0.6) is 0 Å². The summed E-state index contributed by atoms with van der Waals surface area (Å²) < 4.78 is 31.4. The summed E-state index contributed by atoms with van der Waals surface area (Å²) in [5.41, 5.74) is 0.0903. The second-order valence-electron chi connectivity index (χ2n) is 8.63. The molecule has 2 aromatic rings. The van der Waals surface area contributed by atoms with Crippen LogP contribution in [-0.4, -0.2) is 24.6 Å². The van der Waals surface area contributed by atoms with Gasteiger partial charge in [-0.1, -0.05) is 19.3 Å². The Bertz CT molecular complexity index is 959. The van der Waals surface area contributed by atoms with Crippen LogP contribution in [0.3, 0.4) is 0 Å². The van der Waals surface area contributed by atoms with E-state index in [2.05, 4.69) is 4.98 Å².